The van der Waals surface area contributed by atoms with Crippen LogP contribution in [0, 0.1) is 6.92 Å². The summed E-state index contributed by atoms with van der Waals surface area (Å²) in [5.74, 6) is 1.68. The van der Waals surface area contributed by atoms with Gasteiger partial charge in [0.05, 0.1) is 0 Å². The molecule has 4 rings (SSSR count). The van der Waals surface area contributed by atoms with E-state index in [1.54, 1.807) is 6.33 Å². The summed E-state index contributed by atoms with van der Waals surface area (Å²) in [4.78, 5) is 10.9. The molecule has 100 valence electrons. The minimum Gasteiger partial charge on any atom is -0.323 e. The van der Waals surface area contributed by atoms with Gasteiger partial charge in [-0.15, -0.1) is 0 Å². The lowest BCUT2D eigenvalue weighted by molar-refractivity contribution is 0.733. The van der Waals surface area contributed by atoms with Gasteiger partial charge in [-0.25, -0.2) is 4.98 Å². The summed E-state index contributed by atoms with van der Waals surface area (Å²) >= 11 is 0. The first-order chi connectivity index (χ1) is 9.74. The van der Waals surface area contributed by atoms with E-state index in [1.165, 1.54) is 11.3 Å². The Morgan fingerprint density at radius 2 is 2.10 bits per heavy atom. The zero-order valence-corrected chi connectivity index (χ0v) is 11.5. The lowest BCUT2D eigenvalue weighted by atomic mass is 10.1. The Morgan fingerprint density at radius 3 is 3.00 bits per heavy atom. The van der Waals surface area contributed by atoms with Gasteiger partial charge in [-0.1, -0.05) is 18.2 Å². The van der Waals surface area contributed by atoms with E-state index in [2.05, 4.69) is 57.2 Å². The third kappa shape index (κ3) is 1.52. The summed E-state index contributed by atoms with van der Waals surface area (Å²) in [7, 11) is 0. The lowest BCUT2D eigenvalue weighted by Crippen LogP contribution is -2.26. The third-order valence-electron chi connectivity index (χ3n) is 3.82. The Bertz CT molecular complexity index is 792. The van der Waals surface area contributed by atoms with Gasteiger partial charge in [0.1, 0.15) is 12.1 Å². The molecule has 0 fully saturated rings. The van der Waals surface area contributed by atoms with Crippen molar-refractivity contribution in [2.75, 3.05) is 4.90 Å². The molecule has 0 saturated carbocycles. The Balaban J connectivity index is 1.97. The first-order valence-electron chi connectivity index (χ1n) is 6.78. The number of rotatable bonds is 1. The summed E-state index contributed by atoms with van der Waals surface area (Å²) < 4.78 is 1.81. The van der Waals surface area contributed by atoms with Crippen LogP contribution in [0.15, 0.2) is 36.7 Å². The zero-order valence-electron chi connectivity index (χ0n) is 11.5. The van der Waals surface area contributed by atoms with E-state index in [0.717, 1.165) is 17.9 Å². The zero-order chi connectivity index (χ0) is 13.7. The number of benzene rings is 1. The molecule has 5 heteroatoms. The van der Waals surface area contributed by atoms with E-state index in [9.17, 15) is 0 Å². The second-order valence-corrected chi connectivity index (χ2v) is 5.28. The number of hydrogen-bond acceptors (Lipinski definition) is 4. The largest absolute Gasteiger partial charge is 0.323 e. The fourth-order valence-electron chi connectivity index (χ4n) is 3.00. The first-order valence-corrected chi connectivity index (χ1v) is 6.78. The van der Waals surface area contributed by atoms with Crippen LogP contribution < -0.4 is 4.90 Å². The number of hydrogen-bond donors (Lipinski definition) is 0. The second kappa shape index (κ2) is 4.03. The fraction of sp³-hybridized carbons (Fsp3) is 0.267. The summed E-state index contributed by atoms with van der Waals surface area (Å²) in [6, 6.07) is 11.0. The van der Waals surface area contributed by atoms with Crippen molar-refractivity contribution in [3.63, 3.8) is 0 Å². The maximum Gasteiger partial charge on any atom is 0.254 e. The molecule has 2 aromatic heterocycles. The van der Waals surface area contributed by atoms with E-state index in [4.69, 9.17) is 0 Å². The number of aryl methyl sites for hydroxylation is 1. The minimum absolute atomic E-state index is 0.404. The van der Waals surface area contributed by atoms with Crippen LogP contribution >= 0.6 is 0 Å². The van der Waals surface area contributed by atoms with Gasteiger partial charge in [-0.3, -0.25) is 0 Å². The SMILES string of the molecule is Cc1cc(N2c3ccccc3C[C@H]2C)n2ncnc2n1. The van der Waals surface area contributed by atoms with Crippen molar-refractivity contribution in [2.24, 2.45) is 0 Å². The van der Waals surface area contributed by atoms with Gasteiger partial charge in [0.2, 0.25) is 0 Å². The average Bonchev–Trinajstić information content (AvgIpc) is 3.00. The van der Waals surface area contributed by atoms with Crippen molar-refractivity contribution >= 4 is 17.3 Å². The van der Waals surface area contributed by atoms with Crippen LogP contribution in [0.4, 0.5) is 11.5 Å². The van der Waals surface area contributed by atoms with Crippen LogP contribution in [0.2, 0.25) is 0 Å². The summed E-state index contributed by atoms with van der Waals surface area (Å²) in [5.41, 5.74) is 3.59. The minimum atomic E-state index is 0.404. The molecule has 0 bridgehead atoms. The van der Waals surface area contributed by atoms with Crippen LogP contribution in [0.1, 0.15) is 18.2 Å². The van der Waals surface area contributed by atoms with Gasteiger partial charge < -0.3 is 4.90 Å². The van der Waals surface area contributed by atoms with Crippen LogP contribution in [0.5, 0.6) is 0 Å². The molecule has 0 aliphatic carbocycles. The molecule has 5 nitrogen and oxygen atoms in total. The summed E-state index contributed by atoms with van der Waals surface area (Å²) in [6.45, 7) is 4.23. The highest BCUT2D eigenvalue weighted by Gasteiger charge is 2.28. The number of nitrogens with zero attached hydrogens (tertiary/aromatic N) is 5. The maximum absolute atomic E-state index is 4.41. The molecule has 0 spiro atoms. The second-order valence-electron chi connectivity index (χ2n) is 5.28. The van der Waals surface area contributed by atoms with E-state index in [-0.39, 0.29) is 0 Å². The van der Waals surface area contributed by atoms with Crippen molar-refractivity contribution in [1.82, 2.24) is 19.6 Å². The smallest absolute Gasteiger partial charge is 0.254 e. The number of anilines is 2. The fourth-order valence-corrected chi connectivity index (χ4v) is 3.00. The van der Waals surface area contributed by atoms with Gasteiger partial charge >= 0.3 is 0 Å². The molecule has 0 amide bonds. The molecule has 0 unspecified atom stereocenters. The molecule has 0 N–H and O–H groups in total. The molecular formula is C15H15N5. The molecule has 1 aliphatic heterocycles. The van der Waals surface area contributed by atoms with Crippen molar-refractivity contribution < 1.29 is 0 Å². The Kier molecular flexibility index (Phi) is 2.30. The summed E-state index contributed by atoms with van der Waals surface area (Å²) in [5, 5.41) is 4.31. The Hall–Kier alpha value is -2.43. The quantitative estimate of drug-likeness (QED) is 0.678. The normalized spacial score (nSPS) is 17.7. The molecule has 0 saturated heterocycles. The molecule has 3 aromatic rings. The number of aromatic nitrogens is 4. The van der Waals surface area contributed by atoms with Gasteiger partial charge in [0.25, 0.3) is 5.78 Å². The first kappa shape index (κ1) is 11.4. The highest BCUT2D eigenvalue weighted by atomic mass is 15.4. The van der Waals surface area contributed by atoms with E-state index < -0.39 is 0 Å². The van der Waals surface area contributed by atoms with E-state index in [1.807, 2.05) is 11.4 Å². The highest BCUT2D eigenvalue weighted by Crippen LogP contribution is 2.37. The van der Waals surface area contributed by atoms with Crippen LogP contribution in [-0.2, 0) is 6.42 Å². The molecule has 1 atom stereocenters. The highest BCUT2D eigenvalue weighted by molar-refractivity contribution is 5.70. The molecule has 1 aliphatic rings. The molecular weight excluding hydrogens is 250 g/mol. The lowest BCUT2D eigenvalue weighted by Gasteiger charge is -2.25. The standard InChI is InChI=1S/C15H15N5/c1-10-7-14(20-15(18-10)16-9-17-20)19-11(2)8-12-5-3-4-6-13(12)19/h3-7,9,11H,8H2,1-2H3/t11-/m1/s1. The van der Waals surface area contributed by atoms with Gasteiger partial charge in [-0.2, -0.15) is 14.6 Å². The van der Waals surface area contributed by atoms with Crippen molar-refractivity contribution in [3.8, 4) is 0 Å². The van der Waals surface area contributed by atoms with Gasteiger partial charge in [0.15, 0.2) is 0 Å². The molecule has 20 heavy (non-hydrogen) atoms. The van der Waals surface area contributed by atoms with Crippen LogP contribution in [-0.4, -0.2) is 25.6 Å². The van der Waals surface area contributed by atoms with Crippen molar-refractivity contribution in [1.29, 1.82) is 0 Å². The molecule has 1 aromatic carbocycles. The van der Waals surface area contributed by atoms with Crippen LogP contribution in [0.25, 0.3) is 5.78 Å². The van der Waals surface area contributed by atoms with E-state index in [0.29, 0.717) is 11.8 Å². The average molecular weight is 265 g/mol. The van der Waals surface area contributed by atoms with Gasteiger partial charge in [0, 0.05) is 23.5 Å². The van der Waals surface area contributed by atoms with Crippen molar-refractivity contribution in [2.45, 2.75) is 26.3 Å². The predicted octanol–water partition coefficient (Wildman–Crippen LogP) is 2.52. The number of para-hydroxylation sites is 1. The number of fused-ring (bicyclic) bond motifs is 2. The maximum atomic E-state index is 4.41. The molecule has 3 heterocycles. The van der Waals surface area contributed by atoms with Crippen LogP contribution in [0.3, 0.4) is 0 Å². The Labute approximate surface area is 116 Å². The summed E-state index contributed by atoms with van der Waals surface area (Å²) in [6.07, 6.45) is 2.60. The molecule has 0 radical (unpaired) electrons. The topological polar surface area (TPSA) is 46.3 Å². The van der Waals surface area contributed by atoms with Gasteiger partial charge in [-0.05, 0) is 31.9 Å². The van der Waals surface area contributed by atoms with E-state index >= 15 is 0 Å². The predicted molar refractivity (Wildman–Crippen MR) is 77.3 cm³/mol. The van der Waals surface area contributed by atoms with Crippen molar-refractivity contribution in [3.05, 3.63) is 47.9 Å². The monoisotopic (exact) mass is 265 g/mol. The third-order valence-corrected chi connectivity index (χ3v) is 3.82. The Morgan fingerprint density at radius 1 is 1.25 bits per heavy atom.